The zero-order valence-corrected chi connectivity index (χ0v) is 23.9. The summed E-state index contributed by atoms with van der Waals surface area (Å²) in [7, 11) is -3.64. The van der Waals surface area contributed by atoms with E-state index in [2.05, 4.69) is 0 Å². The maximum atomic E-state index is 14.0. The van der Waals surface area contributed by atoms with Crippen molar-refractivity contribution in [3.63, 3.8) is 0 Å². The summed E-state index contributed by atoms with van der Waals surface area (Å²) in [6, 6.07) is 13.1. The molecule has 0 radical (unpaired) electrons. The van der Waals surface area contributed by atoms with E-state index < -0.39 is 56.7 Å². The molecule has 1 aliphatic rings. The number of carboxylic acid groups (broad SMARTS) is 1. The van der Waals surface area contributed by atoms with Gasteiger partial charge in [0.25, 0.3) is 5.91 Å². The fourth-order valence-electron chi connectivity index (χ4n) is 4.75. The van der Waals surface area contributed by atoms with Crippen LogP contribution in [0.15, 0.2) is 48.5 Å². The van der Waals surface area contributed by atoms with Crippen molar-refractivity contribution in [2.24, 2.45) is 0 Å². The van der Waals surface area contributed by atoms with E-state index in [1.165, 1.54) is 4.90 Å². The van der Waals surface area contributed by atoms with Crippen LogP contribution in [-0.4, -0.2) is 52.9 Å². The Labute approximate surface area is 228 Å². The molecule has 1 saturated heterocycles. The third-order valence-corrected chi connectivity index (χ3v) is 10.1. The molecule has 1 aliphatic heterocycles. The highest BCUT2D eigenvalue weighted by molar-refractivity contribution is 7.92. The van der Waals surface area contributed by atoms with Crippen molar-refractivity contribution in [2.45, 2.75) is 76.0 Å². The first-order valence-electron chi connectivity index (χ1n) is 12.1. The number of morpholine rings is 1. The maximum absolute atomic E-state index is 14.0. The third-order valence-electron chi connectivity index (χ3n) is 6.95. The third kappa shape index (κ3) is 5.98. The average molecular weight is 571 g/mol. The lowest BCUT2D eigenvalue weighted by molar-refractivity contribution is -0.200. The number of carboxylic acids is 1. The van der Waals surface area contributed by atoms with Gasteiger partial charge in [0.15, 0.2) is 9.84 Å². The number of amides is 1. The van der Waals surface area contributed by atoms with E-state index in [1.54, 1.807) is 69.3 Å². The number of sulfone groups is 1. The summed E-state index contributed by atoms with van der Waals surface area (Å²) in [5, 5.41) is 10.5. The van der Waals surface area contributed by atoms with Crippen LogP contribution in [0.1, 0.15) is 64.7 Å². The van der Waals surface area contributed by atoms with Gasteiger partial charge in [0, 0.05) is 16.1 Å². The summed E-state index contributed by atoms with van der Waals surface area (Å²) >= 11 is 12.5. The summed E-state index contributed by atoms with van der Waals surface area (Å²) < 4.78 is 31.9. The Morgan fingerprint density at radius 3 is 2.27 bits per heavy atom. The van der Waals surface area contributed by atoms with Crippen LogP contribution in [0, 0.1) is 0 Å². The fourth-order valence-corrected chi connectivity index (χ4v) is 6.46. The van der Waals surface area contributed by atoms with E-state index in [4.69, 9.17) is 27.9 Å². The molecule has 1 fully saturated rings. The van der Waals surface area contributed by atoms with Crippen LogP contribution in [0.3, 0.4) is 0 Å². The standard InChI is InChI=1S/C27H33Cl2NO6S/c1-6-21(16-37(34,35)26(2,3)4)30-25(33)22(15-23(31)32)36-24(17-8-7-9-20(29)14-17)27(30,5)18-10-12-19(28)13-11-18/h7-14,21-22,24H,6,15-16H2,1-5H3,(H,31,32). The van der Waals surface area contributed by atoms with Gasteiger partial charge in [0.05, 0.1) is 22.5 Å². The quantitative estimate of drug-likeness (QED) is 0.441. The van der Waals surface area contributed by atoms with E-state index in [0.29, 0.717) is 27.6 Å². The van der Waals surface area contributed by atoms with Crippen molar-refractivity contribution in [2.75, 3.05) is 5.75 Å². The van der Waals surface area contributed by atoms with Crippen LogP contribution < -0.4 is 0 Å². The van der Waals surface area contributed by atoms with Gasteiger partial charge in [0.1, 0.15) is 12.2 Å². The Balaban J connectivity index is 2.30. The second-order valence-electron chi connectivity index (χ2n) is 10.5. The molecule has 7 nitrogen and oxygen atoms in total. The maximum Gasteiger partial charge on any atom is 0.306 e. The van der Waals surface area contributed by atoms with E-state index in [-0.39, 0.29) is 5.75 Å². The van der Waals surface area contributed by atoms with E-state index in [0.717, 1.165) is 0 Å². The minimum absolute atomic E-state index is 0.288. The molecule has 10 heteroatoms. The highest BCUT2D eigenvalue weighted by Crippen LogP contribution is 2.49. The minimum atomic E-state index is -3.64. The monoisotopic (exact) mass is 569 g/mol. The zero-order valence-electron chi connectivity index (χ0n) is 21.6. The van der Waals surface area contributed by atoms with Crippen molar-refractivity contribution < 1.29 is 27.9 Å². The van der Waals surface area contributed by atoms with Gasteiger partial charge in [-0.05, 0) is 69.5 Å². The summed E-state index contributed by atoms with van der Waals surface area (Å²) in [6.07, 6.45) is -2.40. The van der Waals surface area contributed by atoms with Crippen molar-refractivity contribution in [1.29, 1.82) is 0 Å². The summed E-state index contributed by atoms with van der Waals surface area (Å²) in [5.41, 5.74) is 0.0806. The minimum Gasteiger partial charge on any atom is -0.481 e. The van der Waals surface area contributed by atoms with Crippen LogP contribution >= 0.6 is 23.2 Å². The normalized spacial score (nSPS) is 23.6. The van der Waals surface area contributed by atoms with Gasteiger partial charge in [-0.3, -0.25) is 9.59 Å². The lowest BCUT2D eigenvalue weighted by atomic mass is 9.78. The largest absolute Gasteiger partial charge is 0.481 e. The number of carbonyl (C=O) groups is 2. The molecule has 0 bridgehead atoms. The topological polar surface area (TPSA) is 101 Å². The number of hydrogen-bond acceptors (Lipinski definition) is 5. The van der Waals surface area contributed by atoms with E-state index in [9.17, 15) is 23.1 Å². The lowest BCUT2D eigenvalue weighted by Gasteiger charge is -2.55. The van der Waals surface area contributed by atoms with E-state index >= 15 is 0 Å². The summed E-state index contributed by atoms with van der Waals surface area (Å²) in [5.74, 6) is -2.06. The Hall–Kier alpha value is -2.13. The van der Waals surface area contributed by atoms with Crippen LogP contribution in [0.4, 0.5) is 0 Å². The molecule has 1 heterocycles. The molecule has 4 unspecified atom stereocenters. The number of carbonyl (C=O) groups excluding carboxylic acids is 1. The first-order chi connectivity index (χ1) is 17.1. The molecule has 37 heavy (non-hydrogen) atoms. The number of ether oxygens (including phenoxy) is 1. The van der Waals surface area contributed by atoms with Gasteiger partial charge in [0.2, 0.25) is 0 Å². The smallest absolute Gasteiger partial charge is 0.306 e. The molecule has 0 spiro atoms. The second kappa shape index (κ2) is 10.9. The second-order valence-corrected chi connectivity index (χ2v) is 14.1. The fraction of sp³-hybridized carbons (Fsp3) is 0.481. The first-order valence-corrected chi connectivity index (χ1v) is 14.5. The van der Waals surface area contributed by atoms with Crippen molar-refractivity contribution in [3.8, 4) is 0 Å². The molecule has 0 saturated carbocycles. The van der Waals surface area contributed by atoms with Crippen LogP contribution in [0.25, 0.3) is 0 Å². The average Bonchev–Trinajstić information content (AvgIpc) is 2.79. The van der Waals surface area contributed by atoms with Crippen molar-refractivity contribution in [3.05, 3.63) is 69.7 Å². The number of halogens is 2. The Morgan fingerprint density at radius 1 is 1.14 bits per heavy atom. The van der Waals surface area contributed by atoms with Crippen molar-refractivity contribution in [1.82, 2.24) is 4.90 Å². The van der Waals surface area contributed by atoms with Crippen LogP contribution in [-0.2, 0) is 29.7 Å². The molecule has 202 valence electrons. The molecule has 3 rings (SSSR count). The van der Waals surface area contributed by atoms with Crippen LogP contribution in [0.2, 0.25) is 10.0 Å². The number of rotatable bonds is 8. The number of benzene rings is 2. The Kier molecular flexibility index (Phi) is 8.69. The van der Waals surface area contributed by atoms with Gasteiger partial charge in [-0.25, -0.2) is 8.42 Å². The molecule has 1 N–H and O–H groups in total. The Morgan fingerprint density at radius 2 is 1.76 bits per heavy atom. The zero-order chi connectivity index (χ0) is 27.8. The van der Waals surface area contributed by atoms with E-state index in [1.807, 2.05) is 13.8 Å². The Bertz CT molecular complexity index is 1260. The SMILES string of the molecule is CCC(CS(=O)(=O)C(C)(C)C)N1C(=O)C(CC(=O)O)OC(c2cccc(Cl)c2)C1(C)c1ccc(Cl)cc1. The molecule has 2 aromatic carbocycles. The summed E-state index contributed by atoms with van der Waals surface area (Å²) in [4.78, 5) is 27.2. The molecule has 0 aromatic heterocycles. The lowest BCUT2D eigenvalue weighted by Crippen LogP contribution is -2.65. The molecule has 0 aliphatic carbocycles. The van der Waals surface area contributed by atoms with Gasteiger partial charge < -0.3 is 14.7 Å². The molecule has 2 aromatic rings. The van der Waals surface area contributed by atoms with Crippen molar-refractivity contribution >= 4 is 44.9 Å². The number of nitrogens with zero attached hydrogens (tertiary/aromatic N) is 1. The molecule has 4 atom stereocenters. The molecular formula is C27H33Cl2NO6S. The van der Waals surface area contributed by atoms with Gasteiger partial charge in [-0.2, -0.15) is 0 Å². The first kappa shape index (κ1) is 29.4. The van der Waals surface area contributed by atoms with Gasteiger partial charge >= 0.3 is 5.97 Å². The highest BCUT2D eigenvalue weighted by atomic mass is 35.5. The predicted molar refractivity (Wildman–Crippen MR) is 145 cm³/mol. The predicted octanol–water partition coefficient (Wildman–Crippen LogP) is 5.64. The number of hydrogen-bond donors (Lipinski definition) is 1. The molecule has 1 amide bonds. The highest BCUT2D eigenvalue weighted by Gasteiger charge is 2.55. The summed E-state index contributed by atoms with van der Waals surface area (Å²) in [6.45, 7) is 8.49. The van der Waals surface area contributed by atoms with Gasteiger partial charge in [-0.1, -0.05) is 54.4 Å². The molecular weight excluding hydrogens is 537 g/mol. The van der Waals surface area contributed by atoms with Gasteiger partial charge in [-0.15, -0.1) is 0 Å². The van der Waals surface area contributed by atoms with Crippen LogP contribution in [0.5, 0.6) is 0 Å². The number of aliphatic carboxylic acids is 1.